The highest BCUT2D eigenvalue weighted by Crippen LogP contribution is 2.31. The molecule has 0 amide bonds. The van der Waals surface area contributed by atoms with Crippen LogP contribution in [-0.2, 0) is 0 Å². The van der Waals surface area contributed by atoms with E-state index < -0.39 is 0 Å². The highest BCUT2D eigenvalue weighted by atomic mass is 16.5. The number of ether oxygens (including phenoxy) is 2. The number of aromatic nitrogens is 6. The van der Waals surface area contributed by atoms with Gasteiger partial charge in [-0.1, -0.05) is 0 Å². The van der Waals surface area contributed by atoms with Crippen LogP contribution < -0.4 is 9.47 Å². The van der Waals surface area contributed by atoms with Crippen LogP contribution in [0.15, 0.2) is 61.6 Å². The molecule has 0 fully saturated rings. The fourth-order valence-corrected chi connectivity index (χ4v) is 3.19. The molecular formula is C20H16N6O2. The van der Waals surface area contributed by atoms with Gasteiger partial charge in [0.2, 0.25) is 0 Å². The second kappa shape index (κ2) is 6.34. The first-order valence-corrected chi connectivity index (χ1v) is 8.61. The highest BCUT2D eigenvalue weighted by molar-refractivity contribution is 5.79. The van der Waals surface area contributed by atoms with Crippen LogP contribution in [-0.4, -0.2) is 43.1 Å². The predicted octanol–water partition coefficient (Wildman–Crippen LogP) is 3.15. The van der Waals surface area contributed by atoms with Gasteiger partial charge in [0.15, 0.2) is 22.8 Å². The van der Waals surface area contributed by atoms with Gasteiger partial charge in [0.1, 0.15) is 6.33 Å². The maximum absolute atomic E-state index is 5.42. The average molecular weight is 372 g/mol. The zero-order valence-corrected chi connectivity index (χ0v) is 15.3. The molecule has 1 aromatic carbocycles. The Morgan fingerprint density at radius 1 is 0.893 bits per heavy atom. The van der Waals surface area contributed by atoms with E-state index in [0.29, 0.717) is 17.1 Å². The molecule has 0 aliphatic rings. The zero-order valence-electron chi connectivity index (χ0n) is 15.3. The van der Waals surface area contributed by atoms with Gasteiger partial charge in [0.05, 0.1) is 37.3 Å². The summed E-state index contributed by atoms with van der Waals surface area (Å²) in [6.07, 6.45) is 10.8. The van der Waals surface area contributed by atoms with Crippen molar-refractivity contribution in [2.45, 2.75) is 0 Å². The van der Waals surface area contributed by atoms with Crippen LogP contribution in [0.5, 0.6) is 11.5 Å². The topological polar surface area (TPSA) is 79.4 Å². The van der Waals surface area contributed by atoms with E-state index in [2.05, 4.69) is 19.9 Å². The van der Waals surface area contributed by atoms with Crippen LogP contribution in [0.1, 0.15) is 0 Å². The van der Waals surface area contributed by atoms with Crippen LogP contribution >= 0.6 is 0 Å². The van der Waals surface area contributed by atoms with Crippen LogP contribution in [0.25, 0.3) is 33.8 Å². The van der Waals surface area contributed by atoms with Gasteiger partial charge in [-0.15, -0.1) is 0 Å². The molecular weight excluding hydrogens is 356 g/mol. The van der Waals surface area contributed by atoms with Gasteiger partial charge in [0, 0.05) is 36.4 Å². The Hall–Kier alpha value is -3.94. The number of methoxy groups -OCH3 is 2. The second-order valence-electron chi connectivity index (χ2n) is 6.19. The molecule has 8 nitrogen and oxygen atoms in total. The van der Waals surface area contributed by atoms with E-state index in [1.54, 1.807) is 39.1 Å². The Morgan fingerprint density at radius 3 is 2.64 bits per heavy atom. The van der Waals surface area contributed by atoms with Crippen LogP contribution in [0, 0.1) is 0 Å². The lowest BCUT2D eigenvalue weighted by Gasteiger charge is -2.11. The number of benzene rings is 1. The van der Waals surface area contributed by atoms with Crippen molar-refractivity contribution in [3.8, 4) is 28.4 Å². The first-order chi connectivity index (χ1) is 13.8. The summed E-state index contributed by atoms with van der Waals surface area (Å²) >= 11 is 0. The van der Waals surface area contributed by atoms with Crippen molar-refractivity contribution >= 4 is 16.8 Å². The minimum atomic E-state index is 0.651. The quantitative estimate of drug-likeness (QED) is 0.482. The van der Waals surface area contributed by atoms with E-state index in [4.69, 9.17) is 9.47 Å². The molecule has 0 unspecified atom stereocenters. The van der Waals surface area contributed by atoms with Crippen molar-refractivity contribution in [1.82, 2.24) is 28.9 Å². The summed E-state index contributed by atoms with van der Waals surface area (Å²) in [4.78, 5) is 17.6. The molecule has 5 rings (SSSR count). The molecule has 0 N–H and O–H groups in total. The number of nitrogens with zero attached hydrogens (tertiary/aromatic N) is 6. The third-order valence-electron chi connectivity index (χ3n) is 4.62. The Morgan fingerprint density at radius 2 is 1.79 bits per heavy atom. The normalized spacial score (nSPS) is 11.2. The largest absolute Gasteiger partial charge is 0.493 e. The Bertz CT molecular complexity index is 1310. The van der Waals surface area contributed by atoms with E-state index >= 15 is 0 Å². The van der Waals surface area contributed by atoms with Crippen LogP contribution in [0.3, 0.4) is 0 Å². The Kier molecular flexibility index (Phi) is 3.68. The molecule has 0 bridgehead atoms. The first kappa shape index (κ1) is 16.2. The van der Waals surface area contributed by atoms with Crippen molar-refractivity contribution in [2.24, 2.45) is 0 Å². The molecule has 0 atom stereocenters. The molecule has 0 aliphatic carbocycles. The summed E-state index contributed by atoms with van der Waals surface area (Å²) in [5.74, 6) is 1.32. The molecule has 8 heteroatoms. The van der Waals surface area contributed by atoms with E-state index in [-0.39, 0.29) is 0 Å². The van der Waals surface area contributed by atoms with Crippen molar-refractivity contribution in [1.29, 1.82) is 0 Å². The van der Waals surface area contributed by atoms with Gasteiger partial charge in [0.25, 0.3) is 0 Å². The summed E-state index contributed by atoms with van der Waals surface area (Å²) in [6.45, 7) is 0. The fraction of sp³-hybridized carbons (Fsp3) is 0.100. The molecule has 5 aromatic rings. The van der Waals surface area contributed by atoms with E-state index in [9.17, 15) is 0 Å². The third kappa shape index (κ3) is 2.54. The number of fused-ring (bicyclic) bond motifs is 2. The maximum atomic E-state index is 5.42. The van der Waals surface area contributed by atoms with Crippen molar-refractivity contribution in [3.63, 3.8) is 0 Å². The number of hydrogen-bond donors (Lipinski definition) is 0. The predicted molar refractivity (Wildman–Crippen MR) is 104 cm³/mol. The summed E-state index contributed by atoms with van der Waals surface area (Å²) < 4.78 is 14.6. The van der Waals surface area contributed by atoms with Gasteiger partial charge in [-0.05, 0) is 18.2 Å². The fourth-order valence-electron chi connectivity index (χ4n) is 3.19. The monoisotopic (exact) mass is 372 g/mol. The lowest BCUT2D eigenvalue weighted by atomic mass is 10.2. The van der Waals surface area contributed by atoms with E-state index in [0.717, 1.165) is 28.1 Å². The van der Waals surface area contributed by atoms with Gasteiger partial charge >= 0.3 is 0 Å². The van der Waals surface area contributed by atoms with E-state index in [1.165, 1.54) is 0 Å². The number of hydrogen-bond acceptors (Lipinski definition) is 6. The van der Waals surface area contributed by atoms with Gasteiger partial charge in [-0.3, -0.25) is 9.55 Å². The van der Waals surface area contributed by atoms with Crippen LogP contribution in [0.2, 0.25) is 0 Å². The minimum Gasteiger partial charge on any atom is -0.493 e. The molecule has 4 aromatic heterocycles. The number of pyridine rings is 1. The van der Waals surface area contributed by atoms with Gasteiger partial charge < -0.3 is 13.9 Å². The Balaban J connectivity index is 1.64. The average Bonchev–Trinajstić information content (AvgIpc) is 3.38. The molecule has 0 saturated carbocycles. The molecule has 0 radical (unpaired) electrons. The first-order valence-electron chi connectivity index (χ1n) is 8.61. The molecule has 4 heterocycles. The van der Waals surface area contributed by atoms with Crippen molar-refractivity contribution < 1.29 is 9.47 Å². The highest BCUT2D eigenvalue weighted by Gasteiger charge is 2.12. The van der Waals surface area contributed by atoms with Crippen LogP contribution in [0.4, 0.5) is 0 Å². The zero-order chi connectivity index (χ0) is 19.1. The molecule has 0 saturated heterocycles. The van der Waals surface area contributed by atoms with Crippen molar-refractivity contribution in [2.75, 3.05) is 14.2 Å². The molecule has 28 heavy (non-hydrogen) atoms. The summed E-state index contributed by atoms with van der Waals surface area (Å²) in [5.41, 5.74) is 4.93. The Labute approximate surface area is 160 Å². The third-order valence-corrected chi connectivity index (χ3v) is 4.62. The lowest BCUT2D eigenvalue weighted by molar-refractivity contribution is 0.355. The molecule has 0 spiro atoms. The standard InChI is InChI=1S/C20H16N6O2/c1-27-17-4-3-14(8-18(17)28-2)26-12-24-20-16(26)7-13(9-23-20)15-11-25-6-5-21-19(25)10-22-15/h3-12H,1-2H3. The summed E-state index contributed by atoms with van der Waals surface area (Å²) in [5, 5.41) is 0. The second-order valence-corrected chi connectivity index (χ2v) is 6.19. The maximum Gasteiger partial charge on any atom is 0.177 e. The summed E-state index contributed by atoms with van der Waals surface area (Å²) in [6, 6.07) is 7.75. The molecule has 0 aliphatic heterocycles. The van der Waals surface area contributed by atoms with Gasteiger partial charge in [-0.25, -0.2) is 15.0 Å². The number of rotatable bonds is 4. The van der Waals surface area contributed by atoms with E-state index in [1.807, 2.05) is 45.6 Å². The smallest absolute Gasteiger partial charge is 0.177 e. The lowest BCUT2D eigenvalue weighted by Crippen LogP contribution is -1.96. The summed E-state index contributed by atoms with van der Waals surface area (Å²) in [7, 11) is 3.23. The minimum absolute atomic E-state index is 0.651. The van der Waals surface area contributed by atoms with Crippen molar-refractivity contribution in [3.05, 3.63) is 61.6 Å². The molecule has 138 valence electrons. The number of imidazole rings is 2. The SMILES string of the molecule is COc1ccc(-n2cnc3ncc(-c4cn5ccnc5cn4)cc32)cc1OC. The van der Waals surface area contributed by atoms with Gasteiger partial charge in [-0.2, -0.15) is 0 Å².